The Kier molecular flexibility index (Phi) is 1.69. The summed E-state index contributed by atoms with van der Waals surface area (Å²) in [6, 6.07) is 0. The average molecular weight is 206 g/mol. The van der Waals surface area contributed by atoms with Gasteiger partial charge >= 0.3 is 11.6 Å². The van der Waals surface area contributed by atoms with E-state index in [1.165, 1.54) is 18.7 Å². The van der Waals surface area contributed by atoms with Crippen molar-refractivity contribution in [3.05, 3.63) is 15.5 Å². The van der Waals surface area contributed by atoms with Crippen molar-refractivity contribution in [2.45, 2.75) is 0 Å². The molecule has 2 heterocycles. The third-order valence-corrected chi connectivity index (χ3v) is 2.12. The monoisotopic (exact) mass is 206 g/mol. The molecule has 0 aromatic carbocycles. The van der Waals surface area contributed by atoms with Crippen LogP contribution >= 0.6 is 0 Å². The van der Waals surface area contributed by atoms with Crippen molar-refractivity contribution < 1.29 is 5.11 Å². The van der Waals surface area contributed by atoms with Crippen molar-refractivity contribution in [3.63, 3.8) is 0 Å². The van der Waals surface area contributed by atoms with E-state index in [-0.39, 0.29) is 17.5 Å². The van der Waals surface area contributed by atoms with Gasteiger partial charge in [0.15, 0.2) is 0 Å². The molecule has 0 N–H and O–H groups in total. The van der Waals surface area contributed by atoms with Crippen LogP contribution in [0.3, 0.4) is 0 Å². The van der Waals surface area contributed by atoms with E-state index in [4.69, 9.17) is 5.39 Å². The Morgan fingerprint density at radius 1 is 1.33 bits per heavy atom. The van der Waals surface area contributed by atoms with Crippen molar-refractivity contribution in [2.24, 2.45) is 14.1 Å². The van der Waals surface area contributed by atoms with Crippen molar-refractivity contribution >= 4 is 5.95 Å². The van der Waals surface area contributed by atoms with E-state index in [1.807, 2.05) is 0 Å². The van der Waals surface area contributed by atoms with Crippen LogP contribution in [0.5, 0.6) is 5.88 Å². The molecule has 2 rings (SSSR count). The fourth-order valence-corrected chi connectivity index (χ4v) is 1.31. The fraction of sp³-hybridized carbons (Fsp3) is 0.286. The van der Waals surface area contributed by atoms with Gasteiger partial charge in [0.05, 0.1) is 5.39 Å². The summed E-state index contributed by atoms with van der Waals surface area (Å²) in [6.07, 6.45) is 0. The van der Waals surface area contributed by atoms with Gasteiger partial charge in [-0.15, -0.1) is 0 Å². The highest BCUT2D eigenvalue weighted by Crippen LogP contribution is 2.26. The maximum Gasteiger partial charge on any atom is 0.564 e. The molecule has 0 aromatic heterocycles. The van der Waals surface area contributed by atoms with Gasteiger partial charge in [-0.05, 0) is 14.9 Å². The Morgan fingerprint density at radius 3 is 2.60 bits per heavy atom. The van der Waals surface area contributed by atoms with Crippen LogP contribution in [0.1, 0.15) is 0 Å². The molecule has 8 heteroatoms. The molecule has 0 unspecified atom stereocenters. The number of hydrogen-bond donors (Lipinski definition) is 0. The molecule has 0 spiro atoms. The fourth-order valence-electron chi connectivity index (χ4n) is 1.31. The highest BCUT2D eigenvalue weighted by atomic mass is 16.3. The van der Waals surface area contributed by atoms with Gasteiger partial charge in [0.2, 0.25) is 5.69 Å². The SMILES string of the molecule is Cn1c2nc([N+]#N)nc-2c([O-])n(C)c1=O. The van der Waals surface area contributed by atoms with E-state index in [0.717, 1.165) is 4.57 Å². The predicted octanol–water partition coefficient (Wildman–Crippen LogP) is -0.823. The second-order valence-electron chi connectivity index (χ2n) is 3.00. The van der Waals surface area contributed by atoms with Crippen LogP contribution in [0.15, 0.2) is 4.79 Å². The highest BCUT2D eigenvalue weighted by molar-refractivity contribution is 5.61. The van der Waals surface area contributed by atoms with Crippen molar-refractivity contribution in [2.75, 3.05) is 0 Å². The minimum absolute atomic E-state index is 0.00685. The highest BCUT2D eigenvalue weighted by Gasteiger charge is 2.27. The van der Waals surface area contributed by atoms with Gasteiger partial charge < -0.3 is 9.67 Å². The topological polar surface area (TPSA) is 104 Å². The minimum atomic E-state index is -0.560. The molecular weight excluding hydrogens is 200 g/mol. The number of rotatable bonds is 0. The van der Waals surface area contributed by atoms with Crippen molar-refractivity contribution in [1.82, 2.24) is 19.1 Å². The lowest BCUT2D eigenvalue weighted by atomic mass is 10.4. The van der Waals surface area contributed by atoms with Gasteiger partial charge in [0.1, 0.15) is 0 Å². The smallest absolute Gasteiger partial charge is 0.564 e. The summed E-state index contributed by atoms with van der Waals surface area (Å²) in [4.78, 5) is 21.6. The number of hydrogen-bond acceptors (Lipinski definition) is 5. The van der Waals surface area contributed by atoms with E-state index in [1.54, 1.807) is 0 Å². The van der Waals surface area contributed by atoms with Crippen LogP contribution in [0.4, 0.5) is 5.95 Å². The van der Waals surface area contributed by atoms with Crippen LogP contribution in [0.2, 0.25) is 0 Å². The molecule has 0 atom stereocenters. The first kappa shape index (κ1) is 9.14. The average Bonchev–Trinajstić information content (AvgIpc) is 2.67. The third-order valence-electron chi connectivity index (χ3n) is 2.12. The van der Waals surface area contributed by atoms with Crippen LogP contribution < -0.4 is 10.8 Å². The molecule has 0 fully saturated rings. The standard InChI is InChI=1S/C7H6N6O2/c1-12-4-3(9-6(10-4)11-8)5(14)13(2)7(12)15/h1-2H3. The van der Waals surface area contributed by atoms with Gasteiger partial charge in [0, 0.05) is 20.0 Å². The predicted molar refractivity (Wildman–Crippen MR) is 47.1 cm³/mol. The number of diazo groups is 1. The Labute approximate surface area is 83.4 Å². The normalized spacial score (nSPS) is 10.5. The Bertz CT molecular complexity index is 604. The maximum atomic E-state index is 11.6. The molecule has 15 heavy (non-hydrogen) atoms. The Morgan fingerprint density at radius 2 is 2.00 bits per heavy atom. The first-order valence-electron chi connectivity index (χ1n) is 4.02. The van der Waals surface area contributed by atoms with Gasteiger partial charge in [-0.3, -0.25) is 4.57 Å². The van der Waals surface area contributed by atoms with Crippen LogP contribution in [0, 0.1) is 5.39 Å². The van der Waals surface area contributed by atoms with Crippen LogP contribution in [-0.4, -0.2) is 19.1 Å². The quantitative estimate of drug-likeness (QED) is 0.523. The summed E-state index contributed by atoms with van der Waals surface area (Å²) in [6.45, 7) is 0. The molecule has 0 amide bonds. The van der Waals surface area contributed by atoms with E-state index >= 15 is 0 Å². The molecule has 8 nitrogen and oxygen atoms in total. The Balaban J connectivity index is 2.98. The second kappa shape index (κ2) is 2.78. The summed E-state index contributed by atoms with van der Waals surface area (Å²) >= 11 is 0. The molecule has 0 aliphatic carbocycles. The number of nitrogens with zero attached hydrogens (tertiary/aromatic N) is 6. The number of aromatic nitrogens is 4. The first-order valence-corrected chi connectivity index (χ1v) is 4.02. The lowest BCUT2D eigenvalue weighted by Gasteiger charge is -2.14. The Hall–Kier alpha value is -2.43. The number of imidazole rings is 1. The molecule has 0 bridgehead atoms. The van der Waals surface area contributed by atoms with Crippen LogP contribution in [0.25, 0.3) is 16.5 Å². The zero-order chi connectivity index (χ0) is 11.2. The van der Waals surface area contributed by atoms with Crippen molar-refractivity contribution in [3.8, 4) is 17.4 Å². The maximum absolute atomic E-state index is 11.6. The van der Waals surface area contributed by atoms with Gasteiger partial charge in [-0.1, -0.05) is 0 Å². The largest absolute Gasteiger partial charge is 0.857 e. The molecule has 0 saturated carbocycles. The van der Waals surface area contributed by atoms with Gasteiger partial charge in [-0.2, -0.15) is 0 Å². The zero-order valence-corrected chi connectivity index (χ0v) is 8.00. The lowest BCUT2D eigenvalue weighted by molar-refractivity contribution is -0.278. The number of fused-ring (bicyclic) bond motifs is 1. The first-order chi connectivity index (χ1) is 7.06. The second-order valence-corrected chi connectivity index (χ2v) is 3.00. The molecular formula is C7H6N6O2. The third kappa shape index (κ3) is 1.06. The summed E-state index contributed by atoms with van der Waals surface area (Å²) in [5, 5.41) is 20.0. The molecule has 0 saturated heterocycles. The summed E-state index contributed by atoms with van der Waals surface area (Å²) < 4.78 is 2.08. The van der Waals surface area contributed by atoms with E-state index < -0.39 is 11.6 Å². The van der Waals surface area contributed by atoms with Crippen molar-refractivity contribution in [1.29, 1.82) is 5.39 Å². The van der Waals surface area contributed by atoms with Crippen LogP contribution in [-0.2, 0) is 14.1 Å². The molecule has 2 aliphatic rings. The molecule has 76 valence electrons. The van der Waals surface area contributed by atoms with E-state index in [9.17, 15) is 9.90 Å². The molecule has 0 aromatic rings. The molecule has 2 aliphatic heterocycles. The molecule has 0 radical (unpaired) electrons. The van der Waals surface area contributed by atoms with E-state index in [2.05, 4.69) is 14.9 Å². The van der Waals surface area contributed by atoms with Gasteiger partial charge in [0.25, 0.3) is 5.82 Å². The lowest BCUT2D eigenvalue weighted by Crippen LogP contribution is -2.31. The summed E-state index contributed by atoms with van der Waals surface area (Å²) in [7, 11) is 2.80. The van der Waals surface area contributed by atoms with E-state index in [0.29, 0.717) is 0 Å². The zero-order valence-electron chi connectivity index (χ0n) is 8.00. The van der Waals surface area contributed by atoms with Gasteiger partial charge in [-0.25, -0.2) is 4.79 Å². The minimum Gasteiger partial charge on any atom is -0.857 e. The summed E-state index contributed by atoms with van der Waals surface area (Å²) in [5.41, 5.74) is -0.496. The summed E-state index contributed by atoms with van der Waals surface area (Å²) in [5.74, 6) is -0.685.